The molecule has 0 fully saturated rings. The Morgan fingerprint density at radius 3 is 2.55 bits per heavy atom. The number of ether oxygens (including phenoxy) is 1. The van der Waals surface area contributed by atoms with Crippen molar-refractivity contribution in [3.63, 3.8) is 0 Å². The van der Waals surface area contributed by atoms with Crippen molar-refractivity contribution in [3.8, 4) is 5.75 Å². The molecule has 0 unspecified atom stereocenters. The molecule has 0 saturated carbocycles. The maximum atomic E-state index is 12.9. The van der Waals surface area contributed by atoms with Crippen LogP contribution in [-0.4, -0.2) is 18.7 Å². The van der Waals surface area contributed by atoms with Gasteiger partial charge in [-0.3, -0.25) is 4.79 Å². The van der Waals surface area contributed by atoms with Crippen molar-refractivity contribution in [1.82, 2.24) is 5.43 Å². The first-order valence-electron chi connectivity index (χ1n) is 8.88. The lowest BCUT2D eigenvalue weighted by atomic mass is 10.2. The minimum Gasteiger partial charge on any atom is -0.487 e. The quantitative estimate of drug-likeness (QED) is 0.420. The number of carbonyl (C=O) groups excluding carboxylic acids is 1. The Balaban J connectivity index is 1.47. The molecule has 0 aliphatic rings. The van der Waals surface area contributed by atoms with Gasteiger partial charge in [0.2, 0.25) is 0 Å². The number of amides is 1. The van der Waals surface area contributed by atoms with E-state index in [1.54, 1.807) is 30.3 Å². The van der Waals surface area contributed by atoms with Crippen LogP contribution in [0.25, 0.3) is 0 Å². The van der Waals surface area contributed by atoms with E-state index >= 15 is 0 Å². The summed E-state index contributed by atoms with van der Waals surface area (Å²) >= 11 is 6.24. The van der Waals surface area contributed by atoms with Crippen LogP contribution in [0.1, 0.15) is 11.1 Å². The van der Waals surface area contributed by atoms with Gasteiger partial charge in [-0.15, -0.1) is 0 Å². The zero-order chi connectivity index (χ0) is 20.5. The average molecular weight is 412 g/mol. The van der Waals surface area contributed by atoms with E-state index in [1.165, 1.54) is 18.3 Å². The van der Waals surface area contributed by atoms with Gasteiger partial charge < -0.3 is 10.1 Å². The summed E-state index contributed by atoms with van der Waals surface area (Å²) in [5.41, 5.74) is 4.85. The monoisotopic (exact) mass is 411 g/mol. The van der Waals surface area contributed by atoms with Crippen LogP contribution in [0.4, 0.5) is 10.1 Å². The van der Waals surface area contributed by atoms with Gasteiger partial charge in [-0.05, 0) is 53.6 Å². The maximum absolute atomic E-state index is 12.9. The maximum Gasteiger partial charge on any atom is 0.259 e. The van der Waals surface area contributed by atoms with Crippen molar-refractivity contribution >= 4 is 29.4 Å². The van der Waals surface area contributed by atoms with Crippen molar-refractivity contribution in [2.75, 3.05) is 11.9 Å². The summed E-state index contributed by atoms with van der Waals surface area (Å²) in [7, 11) is 0. The highest BCUT2D eigenvalue weighted by Gasteiger charge is 2.04. The summed E-state index contributed by atoms with van der Waals surface area (Å²) in [5, 5.41) is 7.33. The summed E-state index contributed by atoms with van der Waals surface area (Å²) in [6.07, 6.45) is 1.50. The highest BCUT2D eigenvalue weighted by atomic mass is 35.5. The van der Waals surface area contributed by atoms with Crippen LogP contribution >= 0.6 is 11.6 Å². The van der Waals surface area contributed by atoms with Gasteiger partial charge in [0.05, 0.1) is 17.8 Å². The molecule has 0 aliphatic heterocycles. The van der Waals surface area contributed by atoms with Gasteiger partial charge >= 0.3 is 0 Å². The van der Waals surface area contributed by atoms with E-state index in [-0.39, 0.29) is 24.9 Å². The molecule has 0 saturated heterocycles. The van der Waals surface area contributed by atoms with Crippen molar-refractivity contribution in [2.45, 2.75) is 6.61 Å². The Kier molecular flexibility index (Phi) is 7.19. The number of nitrogens with zero attached hydrogens (tertiary/aromatic N) is 1. The molecule has 7 heteroatoms. The molecule has 148 valence electrons. The smallest absolute Gasteiger partial charge is 0.259 e. The second-order valence-electron chi connectivity index (χ2n) is 6.12. The molecular formula is C22H19ClFN3O2. The molecule has 3 aromatic rings. The van der Waals surface area contributed by atoms with Gasteiger partial charge in [-0.2, -0.15) is 5.10 Å². The molecule has 0 bridgehead atoms. The minimum absolute atomic E-state index is 0.109. The number of benzene rings is 3. The van der Waals surface area contributed by atoms with Crippen LogP contribution in [0.3, 0.4) is 0 Å². The van der Waals surface area contributed by atoms with Gasteiger partial charge in [0, 0.05) is 5.69 Å². The second-order valence-corrected chi connectivity index (χ2v) is 6.52. The topological polar surface area (TPSA) is 62.7 Å². The Morgan fingerprint density at radius 1 is 1.07 bits per heavy atom. The first-order chi connectivity index (χ1) is 14.1. The zero-order valence-corrected chi connectivity index (χ0v) is 16.2. The first-order valence-corrected chi connectivity index (χ1v) is 9.25. The normalized spacial score (nSPS) is 10.7. The summed E-state index contributed by atoms with van der Waals surface area (Å²) in [6, 6.07) is 20.6. The van der Waals surface area contributed by atoms with E-state index in [0.29, 0.717) is 16.3 Å². The molecule has 0 aromatic heterocycles. The van der Waals surface area contributed by atoms with Gasteiger partial charge in [0.1, 0.15) is 18.2 Å². The highest BCUT2D eigenvalue weighted by Crippen LogP contribution is 2.25. The number of para-hydroxylation sites is 1. The van der Waals surface area contributed by atoms with Gasteiger partial charge in [0.25, 0.3) is 5.91 Å². The molecule has 29 heavy (non-hydrogen) atoms. The number of halogens is 2. The Morgan fingerprint density at radius 2 is 1.83 bits per heavy atom. The van der Waals surface area contributed by atoms with Crippen molar-refractivity contribution in [3.05, 3.63) is 94.8 Å². The summed E-state index contributed by atoms with van der Waals surface area (Å²) in [5.74, 6) is -0.0574. The first kappa shape index (κ1) is 20.4. The van der Waals surface area contributed by atoms with Gasteiger partial charge in [-0.25, -0.2) is 9.82 Å². The zero-order valence-electron chi connectivity index (χ0n) is 15.4. The highest BCUT2D eigenvalue weighted by molar-refractivity contribution is 6.32. The molecule has 0 heterocycles. The lowest BCUT2D eigenvalue weighted by Crippen LogP contribution is -2.25. The number of hydrogen-bond donors (Lipinski definition) is 2. The standard InChI is InChI=1S/C22H19ClFN3O2/c23-20-12-17(8-11-21(20)29-15-16-6-9-18(24)10-7-16)13-26-27-22(28)14-25-19-4-2-1-3-5-19/h1-13,25H,14-15H2,(H,27,28)/b26-13-. The average Bonchev–Trinajstić information content (AvgIpc) is 2.73. The lowest BCUT2D eigenvalue weighted by Gasteiger charge is -2.08. The van der Waals surface area contributed by atoms with Crippen molar-refractivity contribution < 1.29 is 13.9 Å². The van der Waals surface area contributed by atoms with Crippen molar-refractivity contribution in [2.24, 2.45) is 5.10 Å². The number of anilines is 1. The van der Waals surface area contributed by atoms with E-state index in [0.717, 1.165) is 11.3 Å². The summed E-state index contributed by atoms with van der Waals surface area (Å²) in [4.78, 5) is 11.8. The Hall–Kier alpha value is -3.38. The molecular weight excluding hydrogens is 393 g/mol. The van der Waals surface area contributed by atoms with Crippen molar-refractivity contribution in [1.29, 1.82) is 0 Å². The number of rotatable bonds is 8. The largest absolute Gasteiger partial charge is 0.487 e. The molecule has 0 aliphatic carbocycles. The second kappa shape index (κ2) is 10.2. The summed E-state index contributed by atoms with van der Waals surface area (Å²) < 4.78 is 18.6. The third kappa shape index (κ3) is 6.62. The Bertz CT molecular complexity index is 979. The third-order valence-electron chi connectivity index (χ3n) is 3.89. The number of carbonyl (C=O) groups is 1. The molecule has 1 amide bonds. The van der Waals surface area contributed by atoms with E-state index < -0.39 is 0 Å². The SMILES string of the molecule is O=C(CNc1ccccc1)N/N=C\c1ccc(OCc2ccc(F)cc2)c(Cl)c1. The Labute approximate surface area is 173 Å². The lowest BCUT2D eigenvalue weighted by molar-refractivity contribution is -0.119. The third-order valence-corrected chi connectivity index (χ3v) is 4.19. The molecule has 3 rings (SSSR count). The molecule has 0 radical (unpaired) electrons. The minimum atomic E-state index is -0.293. The molecule has 3 aromatic carbocycles. The van der Waals surface area contributed by atoms with Crippen LogP contribution < -0.4 is 15.5 Å². The van der Waals surface area contributed by atoms with E-state index in [4.69, 9.17) is 16.3 Å². The van der Waals surface area contributed by atoms with Crippen LogP contribution in [0.5, 0.6) is 5.75 Å². The van der Waals surface area contributed by atoms with Gasteiger partial charge in [-0.1, -0.05) is 41.9 Å². The van der Waals surface area contributed by atoms with E-state index in [2.05, 4.69) is 15.8 Å². The molecule has 0 atom stereocenters. The van der Waals surface area contributed by atoms with Crippen LogP contribution in [0.15, 0.2) is 77.9 Å². The van der Waals surface area contributed by atoms with Gasteiger partial charge in [0.15, 0.2) is 0 Å². The fourth-order valence-corrected chi connectivity index (χ4v) is 2.66. The van der Waals surface area contributed by atoms with Crippen LogP contribution in [0, 0.1) is 5.82 Å². The number of nitrogens with one attached hydrogen (secondary N) is 2. The predicted octanol–water partition coefficient (Wildman–Crippen LogP) is 4.62. The fourth-order valence-electron chi connectivity index (χ4n) is 2.41. The predicted molar refractivity (Wildman–Crippen MR) is 113 cm³/mol. The molecule has 2 N–H and O–H groups in total. The molecule has 0 spiro atoms. The van der Waals surface area contributed by atoms with E-state index in [1.807, 2.05) is 30.3 Å². The number of hydrazone groups is 1. The van der Waals surface area contributed by atoms with Crippen LogP contribution in [-0.2, 0) is 11.4 Å². The molecule has 5 nitrogen and oxygen atoms in total. The van der Waals surface area contributed by atoms with Crippen LogP contribution in [0.2, 0.25) is 5.02 Å². The summed E-state index contributed by atoms with van der Waals surface area (Å²) in [6.45, 7) is 0.385. The van der Waals surface area contributed by atoms with E-state index in [9.17, 15) is 9.18 Å². The number of hydrogen-bond acceptors (Lipinski definition) is 4. The fraction of sp³-hybridized carbons (Fsp3) is 0.0909.